The van der Waals surface area contributed by atoms with E-state index in [1.54, 1.807) is 4.90 Å². The van der Waals surface area contributed by atoms with Gasteiger partial charge in [-0.05, 0) is 31.7 Å². The molecule has 3 saturated heterocycles. The molecule has 3 amide bonds. The number of aromatic nitrogens is 1. The molecule has 0 radical (unpaired) electrons. The van der Waals surface area contributed by atoms with Crippen LogP contribution in [0.2, 0.25) is 0 Å². The smallest absolute Gasteiger partial charge is 0.256 e. The Morgan fingerprint density at radius 2 is 2.00 bits per heavy atom. The maximum Gasteiger partial charge on any atom is 0.256 e. The lowest BCUT2D eigenvalue weighted by atomic mass is 9.69. The monoisotopic (exact) mass is 374 g/mol. The van der Waals surface area contributed by atoms with E-state index in [-0.39, 0.29) is 36.4 Å². The number of hydrogen-bond donors (Lipinski definition) is 1. The first kappa shape index (κ1) is 17.9. The van der Waals surface area contributed by atoms with E-state index in [4.69, 9.17) is 0 Å². The van der Waals surface area contributed by atoms with Gasteiger partial charge >= 0.3 is 0 Å². The third kappa shape index (κ3) is 3.07. The molecule has 4 heterocycles. The number of pyridine rings is 1. The largest absolute Gasteiger partial charge is 0.352 e. The van der Waals surface area contributed by atoms with Crippen molar-refractivity contribution in [2.45, 2.75) is 38.1 Å². The average molecular weight is 374 g/mol. The van der Waals surface area contributed by atoms with Crippen LogP contribution in [0, 0.1) is 11.2 Å². The van der Waals surface area contributed by atoms with Gasteiger partial charge in [0.2, 0.25) is 11.8 Å². The number of rotatable bonds is 2. The number of nitrogens with zero attached hydrogens (tertiary/aromatic N) is 3. The SMILES string of the molecule is O=C1CC[C@]2(C(=O)N3CCCC3)CN(C(=O)c3ccncc3F)CC[C@H]2N1. The molecular formula is C19H23FN4O3. The van der Waals surface area contributed by atoms with E-state index in [0.29, 0.717) is 32.5 Å². The molecule has 4 rings (SSSR count). The minimum Gasteiger partial charge on any atom is -0.352 e. The summed E-state index contributed by atoms with van der Waals surface area (Å²) in [6.45, 7) is 2.01. The molecule has 7 nitrogen and oxygen atoms in total. The molecule has 1 aromatic heterocycles. The predicted octanol–water partition coefficient (Wildman–Crippen LogP) is 0.954. The van der Waals surface area contributed by atoms with Gasteiger partial charge in [-0.2, -0.15) is 0 Å². The third-order valence-corrected chi connectivity index (χ3v) is 6.07. The van der Waals surface area contributed by atoms with Crippen LogP contribution in [0.4, 0.5) is 4.39 Å². The van der Waals surface area contributed by atoms with Gasteiger partial charge in [0.25, 0.3) is 5.91 Å². The van der Waals surface area contributed by atoms with Gasteiger partial charge in [-0.15, -0.1) is 0 Å². The highest BCUT2D eigenvalue weighted by atomic mass is 19.1. The van der Waals surface area contributed by atoms with Gasteiger partial charge in [-0.1, -0.05) is 0 Å². The van der Waals surface area contributed by atoms with Crippen LogP contribution in [-0.4, -0.2) is 64.7 Å². The summed E-state index contributed by atoms with van der Waals surface area (Å²) < 4.78 is 14.0. The number of halogens is 1. The number of hydrogen-bond acceptors (Lipinski definition) is 4. The standard InChI is InChI=1S/C19H23FN4O3/c20-14-11-21-7-4-13(14)17(26)24-10-5-15-19(12-24,6-3-16(25)22-15)18(27)23-8-1-2-9-23/h4,7,11,15H,1-3,5-6,8-10,12H2,(H,22,25)/t15-,19+/m1/s1. The van der Waals surface area contributed by atoms with Gasteiger partial charge in [0.1, 0.15) is 0 Å². The summed E-state index contributed by atoms with van der Waals surface area (Å²) in [7, 11) is 0. The third-order valence-electron chi connectivity index (χ3n) is 6.07. The van der Waals surface area contributed by atoms with Crippen molar-refractivity contribution in [1.82, 2.24) is 20.1 Å². The lowest BCUT2D eigenvalue weighted by Gasteiger charge is -2.50. The van der Waals surface area contributed by atoms with Crippen LogP contribution in [0.15, 0.2) is 18.5 Å². The molecule has 2 atom stereocenters. The molecule has 27 heavy (non-hydrogen) atoms. The summed E-state index contributed by atoms with van der Waals surface area (Å²) in [4.78, 5) is 45.3. The Balaban J connectivity index is 1.63. The Bertz CT molecular complexity index is 780. The molecule has 0 saturated carbocycles. The summed E-state index contributed by atoms with van der Waals surface area (Å²) in [6.07, 6.45) is 5.53. The Morgan fingerprint density at radius 1 is 1.22 bits per heavy atom. The average Bonchev–Trinajstić information content (AvgIpc) is 3.21. The van der Waals surface area contributed by atoms with Crippen molar-refractivity contribution in [1.29, 1.82) is 0 Å². The van der Waals surface area contributed by atoms with E-state index in [0.717, 1.165) is 19.0 Å². The number of fused-ring (bicyclic) bond motifs is 1. The van der Waals surface area contributed by atoms with E-state index < -0.39 is 17.1 Å². The van der Waals surface area contributed by atoms with Crippen LogP contribution in [0.1, 0.15) is 42.5 Å². The first-order valence-electron chi connectivity index (χ1n) is 9.49. The minimum absolute atomic E-state index is 0.0118. The molecule has 0 unspecified atom stereocenters. The molecule has 0 aliphatic carbocycles. The molecule has 0 spiro atoms. The molecule has 3 fully saturated rings. The van der Waals surface area contributed by atoms with E-state index in [1.165, 1.54) is 12.3 Å². The Kier molecular flexibility index (Phi) is 4.57. The summed E-state index contributed by atoms with van der Waals surface area (Å²) in [6, 6.07) is 1.08. The second kappa shape index (κ2) is 6.90. The van der Waals surface area contributed by atoms with Crippen LogP contribution in [0.25, 0.3) is 0 Å². The minimum atomic E-state index is -0.824. The Labute approximate surface area is 156 Å². The normalized spacial score (nSPS) is 27.9. The van der Waals surface area contributed by atoms with Crippen molar-refractivity contribution < 1.29 is 18.8 Å². The molecule has 3 aliphatic heterocycles. The summed E-state index contributed by atoms with van der Waals surface area (Å²) in [5, 5.41) is 2.97. The number of carbonyl (C=O) groups excluding carboxylic acids is 3. The zero-order valence-corrected chi connectivity index (χ0v) is 15.1. The fourth-order valence-electron chi connectivity index (χ4n) is 4.61. The highest BCUT2D eigenvalue weighted by Gasteiger charge is 2.54. The van der Waals surface area contributed by atoms with Crippen LogP contribution in [-0.2, 0) is 9.59 Å². The highest BCUT2D eigenvalue weighted by molar-refractivity contribution is 5.95. The molecule has 0 aromatic carbocycles. The van der Waals surface area contributed by atoms with Gasteiger partial charge in [0.15, 0.2) is 5.82 Å². The highest BCUT2D eigenvalue weighted by Crippen LogP contribution is 2.40. The predicted molar refractivity (Wildman–Crippen MR) is 94.1 cm³/mol. The topological polar surface area (TPSA) is 82.6 Å². The summed E-state index contributed by atoms with van der Waals surface area (Å²) in [5.74, 6) is -1.14. The van der Waals surface area contributed by atoms with Gasteiger partial charge in [0, 0.05) is 44.8 Å². The van der Waals surface area contributed by atoms with Gasteiger partial charge in [0.05, 0.1) is 17.2 Å². The van der Waals surface area contributed by atoms with E-state index in [9.17, 15) is 18.8 Å². The molecule has 1 aromatic rings. The summed E-state index contributed by atoms with van der Waals surface area (Å²) >= 11 is 0. The van der Waals surface area contributed by atoms with Crippen LogP contribution in [0.3, 0.4) is 0 Å². The maximum atomic E-state index is 14.0. The van der Waals surface area contributed by atoms with E-state index in [1.807, 2.05) is 4.90 Å². The molecular weight excluding hydrogens is 351 g/mol. The van der Waals surface area contributed by atoms with E-state index >= 15 is 0 Å². The van der Waals surface area contributed by atoms with E-state index in [2.05, 4.69) is 10.3 Å². The fourth-order valence-corrected chi connectivity index (χ4v) is 4.61. The van der Waals surface area contributed by atoms with Crippen molar-refractivity contribution in [2.75, 3.05) is 26.2 Å². The van der Waals surface area contributed by atoms with Gasteiger partial charge < -0.3 is 15.1 Å². The first-order valence-corrected chi connectivity index (χ1v) is 9.49. The lowest BCUT2D eigenvalue weighted by molar-refractivity contribution is -0.151. The second-order valence-electron chi connectivity index (χ2n) is 7.65. The van der Waals surface area contributed by atoms with Gasteiger partial charge in [-0.3, -0.25) is 19.4 Å². The first-order chi connectivity index (χ1) is 13.0. The van der Waals surface area contributed by atoms with Crippen molar-refractivity contribution in [3.63, 3.8) is 0 Å². The maximum absolute atomic E-state index is 14.0. The Hall–Kier alpha value is -2.51. The lowest BCUT2D eigenvalue weighted by Crippen LogP contribution is -2.67. The van der Waals surface area contributed by atoms with Crippen molar-refractivity contribution >= 4 is 17.7 Å². The summed E-state index contributed by atoms with van der Waals surface area (Å²) in [5.41, 5.74) is -0.859. The van der Waals surface area contributed by atoms with Crippen molar-refractivity contribution in [2.24, 2.45) is 5.41 Å². The molecule has 8 heteroatoms. The number of carbonyl (C=O) groups is 3. The quantitative estimate of drug-likeness (QED) is 0.836. The molecule has 144 valence electrons. The van der Waals surface area contributed by atoms with Crippen molar-refractivity contribution in [3.8, 4) is 0 Å². The number of amides is 3. The zero-order chi connectivity index (χ0) is 19.0. The zero-order valence-electron chi connectivity index (χ0n) is 15.1. The van der Waals surface area contributed by atoms with Crippen molar-refractivity contribution in [3.05, 3.63) is 29.8 Å². The molecule has 1 N–H and O–H groups in total. The Morgan fingerprint density at radius 3 is 2.74 bits per heavy atom. The number of piperidine rings is 2. The molecule has 0 bridgehead atoms. The number of nitrogens with one attached hydrogen (secondary N) is 1. The molecule has 3 aliphatic rings. The fraction of sp³-hybridized carbons (Fsp3) is 0.579. The van der Waals surface area contributed by atoms with Crippen LogP contribution in [0.5, 0.6) is 0 Å². The van der Waals surface area contributed by atoms with Crippen LogP contribution >= 0.6 is 0 Å². The second-order valence-corrected chi connectivity index (χ2v) is 7.65. The number of likely N-dealkylation sites (tertiary alicyclic amines) is 2. The van der Waals surface area contributed by atoms with Crippen LogP contribution < -0.4 is 5.32 Å². The van der Waals surface area contributed by atoms with Gasteiger partial charge in [-0.25, -0.2) is 4.39 Å².